The van der Waals surface area contributed by atoms with Crippen molar-refractivity contribution in [3.8, 4) is 0 Å². The lowest BCUT2D eigenvalue weighted by molar-refractivity contribution is -0.336. The number of hydrogen-bond donors (Lipinski definition) is 1. The van der Waals surface area contributed by atoms with Crippen molar-refractivity contribution in [3.05, 3.63) is 47.6 Å². The second-order valence-corrected chi connectivity index (χ2v) is 6.46. The van der Waals surface area contributed by atoms with E-state index in [0.29, 0.717) is 18.7 Å². The Kier molecular flexibility index (Phi) is 3.16. The van der Waals surface area contributed by atoms with Crippen molar-refractivity contribution in [1.82, 2.24) is 4.98 Å². The summed E-state index contributed by atoms with van der Waals surface area (Å²) in [6.07, 6.45) is 2.95. The molecule has 0 bridgehead atoms. The van der Waals surface area contributed by atoms with Crippen molar-refractivity contribution >= 4 is 11.7 Å². The van der Waals surface area contributed by atoms with E-state index in [9.17, 15) is 13.6 Å². The molecule has 1 aromatic heterocycles. The maximum Gasteiger partial charge on any atom is 0.585 e. The van der Waals surface area contributed by atoms with E-state index in [1.807, 2.05) is 13.0 Å². The minimum Gasteiger partial charge on any atom is -0.400 e. The highest BCUT2D eigenvalue weighted by Gasteiger charge is 2.57. The first kappa shape index (κ1) is 15.1. The molecule has 126 valence electrons. The Bertz CT molecular complexity index is 752. The lowest BCUT2D eigenvalue weighted by Gasteiger charge is -2.25. The molecule has 1 atom stereocenters. The number of aromatic nitrogens is 1. The van der Waals surface area contributed by atoms with Crippen molar-refractivity contribution in [1.29, 1.82) is 0 Å². The predicted octanol–water partition coefficient (Wildman–Crippen LogP) is 3.49. The molecular weight excluding hydrogens is 318 g/mol. The number of rotatable bonds is 3. The third-order valence-electron chi connectivity index (χ3n) is 4.73. The molecule has 2 heterocycles. The van der Waals surface area contributed by atoms with Crippen LogP contribution in [0.5, 0.6) is 0 Å². The quantitative estimate of drug-likeness (QED) is 0.919. The highest BCUT2D eigenvalue weighted by Crippen LogP contribution is 2.57. The molecule has 3 aliphatic rings. The molecule has 1 saturated carbocycles. The van der Waals surface area contributed by atoms with E-state index in [2.05, 4.69) is 19.8 Å². The zero-order chi connectivity index (χ0) is 16.9. The van der Waals surface area contributed by atoms with Crippen LogP contribution in [0.4, 0.5) is 14.6 Å². The summed E-state index contributed by atoms with van der Waals surface area (Å²) in [5.74, 6) is 0.318. The fourth-order valence-corrected chi connectivity index (χ4v) is 3.20. The maximum absolute atomic E-state index is 13.2. The number of nitrogens with one attached hydrogen (secondary N) is 1. The fourth-order valence-electron chi connectivity index (χ4n) is 3.20. The van der Waals surface area contributed by atoms with E-state index in [1.165, 1.54) is 6.08 Å². The van der Waals surface area contributed by atoms with Crippen molar-refractivity contribution in [2.75, 3.05) is 5.32 Å². The summed E-state index contributed by atoms with van der Waals surface area (Å²) in [5, 5.41) is 2.82. The number of nitrogens with zero attached hydrogens (tertiary/aromatic N) is 1. The third-order valence-corrected chi connectivity index (χ3v) is 4.73. The van der Waals surface area contributed by atoms with Crippen LogP contribution >= 0.6 is 0 Å². The van der Waals surface area contributed by atoms with Gasteiger partial charge in [-0.15, -0.1) is 8.78 Å². The molecule has 2 aliphatic carbocycles. The smallest absolute Gasteiger partial charge is 0.400 e. The molecule has 0 radical (unpaired) electrons. The maximum atomic E-state index is 13.2. The highest BCUT2D eigenvalue weighted by molar-refractivity contribution is 5.97. The van der Waals surface area contributed by atoms with Gasteiger partial charge in [0.1, 0.15) is 11.6 Å². The normalized spacial score (nSPS) is 25.5. The number of ether oxygens (including phenoxy) is 2. The summed E-state index contributed by atoms with van der Waals surface area (Å²) < 4.78 is 35.3. The van der Waals surface area contributed by atoms with Gasteiger partial charge in [-0.2, -0.15) is 0 Å². The van der Waals surface area contributed by atoms with Gasteiger partial charge in [-0.05, 0) is 43.4 Å². The van der Waals surface area contributed by atoms with E-state index < -0.39 is 11.7 Å². The van der Waals surface area contributed by atoms with E-state index in [4.69, 9.17) is 0 Å². The standard InChI is InChI=1S/C17H16F2N2O3/c1-10-2-5-14(20-9-10)21-15(22)16(6-7-16)11-3-4-12-13(8-11)24-17(18,19)23-12/h2-5,9,11H,6-8H2,1H3,(H,20,21,22). The van der Waals surface area contributed by atoms with Gasteiger partial charge in [0.05, 0.1) is 5.41 Å². The minimum atomic E-state index is -3.62. The van der Waals surface area contributed by atoms with E-state index >= 15 is 0 Å². The summed E-state index contributed by atoms with van der Waals surface area (Å²) in [4.78, 5) is 16.9. The zero-order valence-electron chi connectivity index (χ0n) is 13.0. The number of halogens is 2. The Morgan fingerprint density at radius 2 is 2.12 bits per heavy atom. The third kappa shape index (κ3) is 2.53. The first-order chi connectivity index (χ1) is 11.4. The average molecular weight is 334 g/mol. The zero-order valence-corrected chi connectivity index (χ0v) is 13.0. The van der Waals surface area contributed by atoms with Crippen LogP contribution in [0.15, 0.2) is 42.0 Å². The Morgan fingerprint density at radius 3 is 2.79 bits per heavy atom. The van der Waals surface area contributed by atoms with E-state index in [0.717, 1.165) is 5.56 Å². The summed E-state index contributed by atoms with van der Waals surface area (Å²) in [6, 6.07) is 3.61. The molecule has 1 amide bonds. The van der Waals surface area contributed by atoms with Gasteiger partial charge in [0, 0.05) is 12.6 Å². The van der Waals surface area contributed by atoms with Crippen molar-refractivity contribution in [2.45, 2.75) is 32.5 Å². The Hall–Kier alpha value is -2.44. The summed E-state index contributed by atoms with van der Waals surface area (Å²) in [7, 11) is 0. The monoisotopic (exact) mass is 334 g/mol. The lowest BCUT2D eigenvalue weighted by Crippen LogP contribution is -2.31. The summed E-state index contributed by atoms with van der Waals surface area (Å²) in [6.45, 7) is 1.92. The second kappa shape index (κ2) is 5.03. The lowest BCUT2D eigenvalue weighted by atomic mass is 9.82. The van der Waals surface area contributed by atoms with Gasteiger partial charge in [0.2, 0.25) is 5.91 Å². The van der Waals surface area contributed by atoms with Crippen LogP contribution < -0.4 is 5.32 Å². The number of aryl methyl sites for hydroxylation is 1. The highest BCUT2D eigenvalue weighted by atomic mass is 19.3. The average Bonchev–Trinajstić information content (AvgIpc) is 3.27. The molecule has 7 heteroatoms. The number of amides is 1. The largest absolute Gasteiger partial charge is 0.585 e. The molecule has 4 rings (SSSR count). The Balaban J connectivity index is 1.47. The van der Waals surface area contributed by atoms with Crippen molar-refractivity contribution < 1.29 is 23.0 Å². The van der Waals surface area contributed by atoms with Gasteiger partial charge in [-0.1, -0.05) is 12.1 Å². The summed E-state index contributed by atoms with van der Waals surface area (Å²) >= 11 is 0. The molecule has 0 saturated heterocycles. The van der Waals surface area contributed by atoms with Gasteiger partial charge in [-0.25, -0.2) is 4.98 Å². The second-order valence-electron chi connectivity index (χ2n) is 6.46. The van der Waals surface area contributed by atoms with Crippen molar-refractivity contribution in [2.24, 2.45) is 11.3 Å². The number of allylic oxidation sites excluding steroid dienone is 3. The SMILES string of the molecule is Cc1ccc(NC(=O)C2(C3C=CC4=C(C3)OC(F)(F)O4)CC2)nc1. The Labute approximate surface area is 137 Å². The molecule has 1 aliphatic heterocycles. The number of pyridine rings is 1. The van der Waals surface area contributed by atoms with Crippen LogP contribution in [0.3, 0.4) is 0 Å². The molecule has 1 unspecified atom stereocenters. The van der Waals surface area contributed by atoms with Crippen LogP contribution in [-0.4, -0.2) is 17.2 Å². The fraction of sp³-hybridized carbons (Fsp3) is 0.412. The first-order valence-electron chi connectivity index (χ1n) is 7.79. The van der Waals surface area contributed by atoms with E-state index in [1.54, 1.807) is 18.3 Å². The van der Waals surface area contributed by atoms with Gasteiger partial charge in [-0.3, -0.25) is 4.79 Å². The van der Waals surface area contributed by atoms with Crippen molar-refractivity contribution in [3.63, 3.8) is 0 Å². The molecule has 0 spiro atoms. The Morgan fingerprint density at radius 1 is 1.33 bits per heavy atom. The van der Waals surface area contributed by atoms with Gasteiger partial charge in [0.25, 0.3) is 0 Å². The molecule has 0 aromatic carbocycles. The number of hydrogen-bond acceptors (Lipinski definition) is 4. The summed E-state index contributed by atoms with van der Waals surface area (Å²) in [5.41, 5.74) is 0.408. The van der Waals surface area contributed by atoms with E-state index in [-0.39, 0.29) is 29.8 Å². The first-order valence-corrected chi connectivity index (χ1v) is 7.79. The topological polar surface area (TPSA) is 60.5 Å². The van der Waals surface area contributed by atoms with Crippen LogP contribution in [0.2, 0.25) is 0 Å². The van der Waals surface area contributed by atoms with Gasteiger partial charge >= 0.3 is 6.29 Å². The number of alkyl halides is 2. The minimum absolute atomic E-state index is 0.0488. The number of anilines is 1. The van der Waals surface area contributed by atoms with Crippen LogP contribution in [0.25, 0.3) is 0 Å². The van der Waals surface area contributed by atoms with Crippen LogP contribution in [-0.2, 0) is 14.3 Å². The number of carbonyl (C=O) groups excluding carboxylic acids is 1. The molecule has 1 fully saturated rings. The van der Waals surface area contributed by atoms with Gasteiger partial charge in [0.15, 0.2) is 5.76 Å². The van der Waals surface area contributed by atoms with Crippen LogP contribution in [0, 0.1) is 18.3 Å². The van der Waals surface area contributed by atoms with Gasteiger partial charge < -0.3 is 14.8 Å². The predicted molar refractivity (Wildman–Crippen MR) is 80.7 cm³/mol. The van der Waals surface area contributed by atoms with Crippen LogP contribution in [0.1, 0.15) is 24.8 Å². The molecule has 1 N–H and O–H groups in total. The molecule has 24 heavy (non-hydrogen) atoms. The molecule has 5 nitrogen and oxygen atoms in total. The number of carbonyl (C=O) groups is 1. The molecular formula is C17H16F2N2O3. The molecule has 1 aromatic rings.